The highest BCUT2D eigenvalue weighted by Gasteiger charge is 2.33. The van der Waals surface area contributed by atoms with Gasteiger partial charge in [0.1, 0.15) is 18.1 Å². The summed E-state index contributed by atoms with van der Waals surface area (Å²) in [6.45, 7) is 0.676. The number of hydrogen-bond acceptors (Lipinski definition) is 3. The lowest BCUT2D eigenvalue weighted by atomic mass is 10.1. The van der Waals surface area contributed by atoms with Gasteiger partial charge in [0.15, 0.2) is 0 Å². The van der Waals surface area contributed by atoms with Crippen LogP contribution < -0.4 is 10.1 Å². The molecule has 5 rings (SSSR count). The van der Waals surface area contributed by atoms with Gasteiger partial charge in [-0.25, -0.2) is 4.79 Å². The minimum Gasteiger partial charge on any atom is -0.488 e. The Bertz CT molecular complexity index is 1470. The predicted molar refractivity (Wildman–Crippen MR) is 149 cm³/mol. The maximum atomic E-state index is 12.8. The third-order valence-electron chi connectivity index (χ3n) is 5.69. The van der Waals surface area contributed by atoms with Crippen molar-refractivity contribution in [3.8, 4) is 5.75 Å². The van der Waals surface area contributed by atoms with Gasteiger partial charge in [-0.3, -0.25) is 9.69 Å². The summed E-state index contributed by atoms with van der Waals surface area (Å²) in [6.07, 6.45) is 1.69. The lowest BCUT2D eigenvalue weighted by Crippen LogP contribution is -2.30. The molecule has 0 aromatic heterocycles. The summed E-state index contributed by atoms with van der Waals surface area (Å²) in [4.78, 5) is 26.4. The van der Waals surface area contributed by atoms with E-state index in [0.717, 1.165) is 30.5 Å². The second-order valence-electron chi connectivity index (χ2n) is 8.17. The van der Waals surface area contributed by atoms with Gasteiger partial charge in [0, 0.05) is 4.47 Å². The van der Waals surface area contributed by atoms with E-state index in [-0.39, 0.29) is 18.1 Å². The second kappa shape index (κ2) is 10.2. The van der Waals surface area contributed by atoms with Crippen molar-refractivity contribution >= 4 is 67.3 Å². The molecule has 1 heterocycles. The van der Waals surface area contributed by atoms with Crippen LogP contribution in [0.4, 0.5) is 4.79 Å². The molecule has 7 heteroatoms. The van der Waals surface area contributed by atoms with Gasteiger partial charge in [-0.1, -0.05) is 70.5 Å². The first-order chi connectivity index (χ1) is 17.0. The number of ether oxygens (including phenoxy) is 1. The number of carbonyl (C=O) groups is 2. The van der Waals surface area contributed by atoms with Crippen LogP contribution in [-0.2, 0) is 17.9 Å². The molecule has 0 spiro atoms. The van der Waals surface area contributed by atoms with Gasteiger partial charge >= 0.3 is 6.03 Å². The number of halogens is 2. The third kappa shape index (κ3) is 5.41. The van der Waals surface area contributed by atoms with Gasteiger partial charge < -0.3 is 10.1 Å². The van der Waals surface area contributed by atoms with Gasteiger partial charge in [-0.05, 0) is 86.5 Å². The summed E-state index contributed by atoms with van der Waals surface area (Å²) >= 11 is 5.61. The maximum Gasteiger partial charge on any atom is 0.329 e. The van der Waals surface area contributed by atoms with E-state index in [0.29, 0.717) is 6.61 Å². The molecule has 1 fully saturated rings. The molecule has 35 heavy (non-hydrogen) atoms. The fourth-order valence-electron chi connectivity index (χ4n) is 3.87. The number of urea groups is 1. The van der Waals surface area contributed by atoms with Crippen molar-refractivity contribution in [1.82, 2.24) is 10.2 Å². The Morgan fingerprint density at radius 3 is 2.40 bits per heavy atom. The van der Waals surface area contributed by atoms with E-state index < -0.39 is 6.03 Å². The predicted octanol–water partition coefficient (Wildman–Crippen LogP) is 6.88. The van der Waals surface area contributed by atoms with Crippen LogP contribution >= 0.6 is 38.5 Å². The fourth-order valence-corrected chi connectivity index (χ4v) is 4.83. The average molecular weight is 639 g/mol. The zero-order chi connectivity index (χ0) is 24.4. The van der Waals surface area contributed by atoms with Gasteiger partial charge in [0.2, 0.25) is 0 Å². The Hall–Kier alpha value is -3.17. The Kier molecular flexibility index (Phi) is 6.88. The van der Waals surface area contributed by atoms with E-state index in [1.165, 1.54) is 15.7 Å². The minimum absolute atomic E-state index is 0.217. The van der Waals surface area contributed by atoms with Gasteiger partial charge in [-0.2, -0.15) is 0 Å². The topological polar surface area (TPSA) is 58.6 Å². The number of nitrogens with zero attached hydrogens (tertiary/aromatic N) is 1. The standard InChI is InChI=1S/C28H20BrIN2O3/c29-23-10-6-18(7-11-23)16-32-27(33)25(31-28(32)34)15-19-8-12-26(24(30)14-19)35-17-20-5-9-21-3-1-2-4-22(21)13-20/h1-15H,16-17H2,(H,31,34)/b25-15+. The summed E-state index contributed by atoms with van der Waals surface area (Å²) < 4.78 is 7.91. The lowest BCUT2D eigenvalue weighted by molar-refractivity contribution is -0.123. The van der Waals surface area contributed by atoms with Crippen molar-refractivity contribution < 1.29 is 14.3 Å². The van der Waals surface area contributed by atoms with Crippen molar-refractivity contribution in [1.29, 1.82) is 0 Å². The van der Waals surface area contributed by atoms with E-state index in [1.807, 2.05) is 54.6 Å². The Balaban J connectivity index is 1.27. The van der Waals surface area contributed by atoms with Crippen LogP contribution in [0.2, 0.25) is 0 Å². The van der Waals surface area contributed by atoms with Crippen LogP contribution in [-0.4, -0.2) is 16.8 Å². The number of rotatable bonds is 6. The molecule has 1 aliphatic rings. The summed E-state index contributed by atoms with van der Waals surface area (Å²) in [5, 5.41) is 5.07. The molecule has 1 aliphatic heterocycles. The highest BCUT2D eigenvalue weighted by molar-refractivity contribution is 14.1. The Morgan fingerprint density at radius 1 is 0.886 bits per heavy atom. The van der Waals surface area contributed by atoms with Gasteiger partial charge in [0.25, 0.3) is 5.91 Å². The molecular weight excluding hydrogens is 619 g/mol. The van der Waals surface area contributed by atoms with E-state index >= 15 is 0 Å². The van der Waals surface area contributed by atoms with E-state index in [4.69, 9.17) is 4.74 Å². The van der Waals surface area contributed by atoms with Gasteiger partial charge in [0.05, 0.1) is 10.1 Å². The lowest BCUT2D eigenvalue weighted by Gasteiger charge is -2.11. The summed E-state index contributed by atoms with van der Waals surface area (Å²) in [7, 11) is 0. The van der Waals surface area contributed by atoms with Crippen LogP contribution in [0.1, 0.15) is 16.7 Å². The smallest absolute Gasteiger partial charge is 0.329 e. The third-order valence-corrected chi connectivity index (χ3v) is 7.06. The van der Waals surface area contributed by atoms with Crippen LogP contribution in [0.25, 0.3) is 16.8 Å². The summed E-state index contributed by atoms with van der Waals surface area (Å²) in [5.41, 5.74) is 3.03. The molecule has 1 saturated heterocycles. The molecule has 0 radical (unpaired) electrons. The molecule has 1 N–H and O–H groups in total. The molecular formula is C28H20BrIN2O3. The van der Waals surface area contributed by atoms with Gasteiger partial charge in [-0.15, -0.1) is 0 Å². The highest BCUT2D eigenvalue weighted by Crippen LogP contribution is 2.26. The van der Waals surface area contributed by atoms with Crippen molar-refractivity contribution in [3.05, 3.63) is 115 Å². The first-order valence-corrected chi connectivity index (χ1v) is 12.8. The van der Waals surface area contributed by atoms with Crippen LogP contribution in [0.15, 0.2) is 95.1 Å². The molecule has 4 aromatic rings. The zero-order valence-corrected chi connectivity index (χ0v) is 22.2. The van der Waals surface area contributed by atoms with Crippen LogP contribution in [0, 0.1) is 3.57 Å². The molecule has 0 unspecified atom stereocenters. The molecule has 0 bridgehead atoms. The number of hydrogen-bond donors (Lipinski definition) is 1. The molecule has 174 valence electrons. The monoisotopic (exact) mass is 638 g/mol. The molecule has 0 atom stereocenters. The molecule has 4 aromatic carbocycles. The Morgan fingerprint density at radius 2 is 1.63 bits per heavy atom. The van der Waals surface area contributed by atoms with Crippen molar-refractivity contribution in [2.75, 3.05) is 0 Å². The quantitative estimate of drug-likeness (QED) is 0.142. The first kappa shape index (κ1) is 23.6. The van der Waals surface area contributed by atoms with E-state index in [9.17, 15) is 9.59 Å². The summed E-state index contributed by atoms with van der Waals surface area (Å²) in [6, 6.07) is 27.3. The van der Waals surface area contributed by atoms with Crippen molar-refractivity contribution in [2.45, 2.75) is 13.2 Å². The number of amides is 3. The number of carbonyl (C=O) groups excluding carboxylic acids is 2. The molecule has 5 nitrogen and oxygen atoms in total. The first-order valence-electron chi connectivity index (χ1n) is 11.0. The van der Waals surface area contributed by atoms with Crippen molar-refractivity contribution in [2.24, 2.45) is 0 Å². The number of imide groups is 1. The fraction of sp³-hybridized carbons (Fsp3) is 0.0714. The zero-order valence-electron chi connectivity index (χ0n) is 18.5. The largest absolute Gasteiger partial charge is 0.488 e. The maximum absolute atomic E-state index is 12.8. The van der Waals surface area contributed by atoms with Crippen LogP contribution in [0.3, 0.4) is 0 Å². The molecule has 3 amide bonds. The number of fused-ring (bicyclic) bond motifs is 1. The number of nitrogens with one attached hydrogen (secondary N) is 1. The van der Waals surface area contributed by atoms with Crippen molar-refractivity contribution in [3.63, 3.8) is 0 Å². The normalized spacial score (nSPS) is 14.6. The number of benzene rings is 4. The highest BCUT2D eigenvalue weighted by atomic mass is 127. The van der Waals surface area contributed by atoms with E-state index in [2.05, 4.69) is 74.2 Å². The molecule has 0 aliphatic carbocycles. The van der Waals surface area contributed by atoms with Crippen LogP contribution in [0.5, 0.6) is 5.75 Å². The summed E-state index contributed by atoms with van der Waals surface area (Å²) in [5.74, 6) is 0.420. The minimum atomic E-state index is -0.422. The SMILES string of the molecule is O=C1N/C(=C/c2ccc(OCc3ccc4ccccc4c3)c(I)c2)C(=O)N1Cc1ccc(Br)cc1. The Labute approximate surface area is 225 Å². The molecule has 0 saturated carbocycles. The second-order valence-corrected chi connectivity index (χ2v) is 10.2. The average Bonchev–Trinajstić information content (AvgIpc) is 3.12. The van der Waals surface area contributed by atoms with E-state index in [1.54, 1.807) is 6.08 Å².